The molecule has 0 aliphatic rings. The van der Waals surface area contributed by atoms with Gasteiger partial charge in [-0.15, -0.1) is 0 Å². The Hall–Kier alpha value is -3.80. The molecular formula is C28H32N2O4. The van der Waals surface area contributed by atoms with Gasteiger partial charge in [0.25, 0.3) is 0 Å². The smallest absolute Gasteiger partial charge is 0.408 e. The average molecular weight is 461 g/mol. The largest absolute Gasteiger partial charge is 0.467 e. The molecule has 3 aromatic carbocycles. The van der Waals surface area contributed by atoms with Gasteiger partial charge in [0.1, 0.15) is 0 Å². The molecule has 0 aliphatic carbocycles. The third-order valence-electron chi connectivity index (χ3n) is 5.32. The molecule has 0 saturated carbocycles. The number of alkyl carbamates (subject to hydrolysis) is 1. The molecule has 2 N–H and O–H groups in total. The monoisotopic (exact) mass is 460 g/mol. The number of carbonyl (C=O) groups is 2. The number of ether oxygens (including phenoxy) is 2. The standard InChI is InChI=1S/C28H32N2O4/c1-27(2,3)20-34-26(32)30-28(25(31)33-4,22-16-10-6-11-17-22)24(21-14-8-5-9-15-21)29-23-18-12-7-13-19-23/h5-19,24,29H,20H2,1-4H3,(H,30,32)/t24-,28+/m1/s1. The van der Waals surface area contributed by atoms with Crippen LogP contribution in [0.3, 0.4) is 0 Å². The molecule has 0 radical (unpaired) electrons. The highest BCUT2D eigenvalue weighted by Gasteiger charge is 2.51. The first-order valence-corrected chi connectivity index (χ1v) is 11.2. The fourth-order valence-electron chi connectivity index (χ4n) is 3.73. The quantitative estimate of drug-likeness (QED) is 0.423. The molecule has 0 fully saturated rings. The molecule has 3 aromatic rings. The maximum Gasteiger partial charge on any atom is 0.408 e. The van der Waals surface area contributed by atoms with Gasteiger partial charge in [-0.3, -0.25) is 5.32 Å². The van der Waals surface area contributed by atoms with E-state index in [9.17, 15) is 9.59 Å². The van der Waals surface area contributed by atoms with Crippen molar-refractivity contribution in [2.24, 2.45) is 5.41 Å². The van der Waals surface area contributed by atoms with Crippen LogP contribution in [0.4, 0.5) is 10.5 Å². The lowest BCUT2D eigenvalue weighted by molar-refractivity contribution is -0.150. The topological polar surface area (TPSA) is 76.7 Å². The first kappa shape index (κ1) is 24.8. The van der Waals surface area contributed by atoms with Crippen LogP contribution in [-0.4, -0.2) is 25.8 Å². The molecule has 0 spiro atoms. The summed E-state index contributed by atoms with van der Waals surface area (Å²) in [5.41, 5.74) is 0.274. The van der Waals surface area contributed by atoms with Crippen LogP contribution in [0.1, 0.15) is 37.9 Å². The second-order valence-corrected chi connectivity index (χ2v) is 9.28. The number of benzene rings is 3. The Labute approximate surface area is 201 Å². The lowest BCUT2D eigenvalue weighted by atomic mass is 9.78. The molecule has 3 rings (SSSR count). The van der Waals surface area contributed by atoms with Crippen LogP contribution < -0.4 is 10.6 Å². The second kappa shape index (κ2) is 10.9. The van der Waals surface area contributed by atoms with Crippen LogP contribution in [0.2, 0.25) is 0 Å². The van der Waals surface area contributed by atoms with Gasteiger partial charge in [-0.2, -0.15) is 0 Å². The van der Waals surface area contributed by atoms with Crippen molar-refractivity contribution < 1.29 is 19.1 Å². The molecule has 0 bridgehead atoms. The van der Waals surface area contributed by atoms with Gasteiger partial charge < -0.3 is 14.8 Å². The minimum Gasteiger partial charge on any atom is -0.467 e. The summed E-state index contributed by atoms with van der Waals surface area (Å²) in [6.45, 7) is 6.09. The van der Waals surface area contributed by atoms with E-state index in [0.29, 0.717) is 5.56 Å². The summed E-state index contributed by atoms with van der Waals surface area (Å²) in [4.78, 5) is 26.8. The molecule has 34 heavy (non-hydrogen) atoms. The summed E-state index contributed by atoms with van der Waals surface area (Å²) in [5, 5.41) is 6.35. The van der Waals surface area contributed by atoms with Crippen LogP contribution in [0.15, 0.2) is 91.0 Å². The van der Waals surface area contributed by atoms with Crippen LogP contribution in [0.25, 0.3) is 0 Å². The first-order valence-electron chi connectivity index (χ1n) is 11.2. The minimum absolute atomic E-state index is 0.187. The van der Waals surface area contributed by atoms with Crippen LogP contribution in [0.5, 0.6) is 0 Å². The van der Waals surface area contributed by atoms with Crippen molar-refractivity contribution in [2.45, 2.75) is 32.4 Å². The van der Waals surface area contributed by atoms with Gasteiger partial charge in [-0.05, 0) is 28.7 Å². The van der Waals surface area contributed by atoms with E-state index in [1.165, 1.54) is 7.11 Å². The van der Waals surface area contributed by atoms with E-state index in [2.05, 4.69) is 10.6 Å². The fourth-order valence-corrected chi connectivity index (χ4v) is 3.73. The van der Waals surface area contributed by atoms with Gasteiger partial charge in [-0.1, -0.05) is 99.6 Å². The highest BCUT2D eigenvalue weighted by Crippen LogP contribution is 2.39. The number of esters is 1. The normalized spacial score (nSPS) is 13.8. The lowest BCUT2D eigenvalue weighted by Crippen LogP contribution is -2.58. The first-order chi connectivity index (χ1) is 16.3. The Morgan fingerprint density at radius 2 is 1.35 bits per heavy atom. The SMILES string of the molecule is COC(=O)[C@](NC(=O)OCC(C)(C)C)(c1ccccc1)[C@H](Nc1ccccc1)c1ccccc1. The van der Waals surface area contributed by atoms with Gasteiger partial charge in [0, 0.05) is 5.69 Å². The zero-order valence-electron chi connectivity index (χ0n) is 20.1. The second-order valence-electron chi connectivity index (χ2n) is 9.28. The number of hydrogen-bond acceptors (Lipinski definition) is 5. The molecular weight excluding hydrogens is 428 g/mol. The van der Waals surface area contributed by atoms with Gasteiger partial charge in [0.2, 0.25) is 0 Å². The van der Waals surface area contributed by atoms with Crippen LogP contribution >= 0.6 is 0 Å². The van der Waals surface area contributed by atoms with E-state index in [0.717, 1.165) is 11.3 Å². The van der Waals surface area contributed by atoms with Crippen molar-refractivity contribution in [2.75, 3.05) is 19.0 Å². The Kier molecular flexibility index (Phi) is 7.95. The molecule has 0 aliphatic heterocycles. The molecule has 0 heterocycles. The van der Waals surface area contributed by atoms with Crippen molar-refractivity contribution >= 4 is 17.7 Å². The molecule has 0 aromatic heterocycles. The number of amides is 1. The lowest BCUT2D eigenvalue weighted by Gasteiger charge is -2.40. The highest BCUT2D eigenvalue weighted by molar-refractivity contribution is 5.89. The molecule has 0 unspecified atom stereocenters. The van der Waals surface area contributed by atoms with E-state index in [-0.39, 0.29) is 12.0 Å². The van der Waals surface area contributed by atoms with Gasteiger partial charge >= 0.3 is 12.1 Å². The molecule has 0 saturated heterocycles. The number of hydrogen-bond donors (Lipinski definition) is 2. The van der Waals surface area contributed by atoms with Crippen molar-refractivity contribution in [3.63, 3.8) is 0 Å². The number of methoxy groups -OCH3 is 1. The van der Waals surface area contributed by atoms with Crippen LogP contribution in [-0.2, 0) is 19.8 Å². The number of anilines is 1. The number of nitrogens with one attached hydrogen (secondary N) is 2. The Morgan fingerprint density at radius 3 is 1.88 bits per heavy atom. The summed E-state index contributed by atoms with van der Waals surface area (Å²) in [7, 11) is 1.31. The predicted octanol–water partition coefficient (Wildman–Crippen LogP) is 5.68. The summed E-state index contributed by atoms with van der Waals surface area (Å²) < 4.78 is 10.8. The maximum absolute atomic E-state index is 13.6. The minimum atomic E-state index is -1.62. The average Bonchev–Trinajstić information content (AvgIpc) is 2.85. The zero-order chi connectivity index (χ0) is 24.6. The highest BCUT2D eigenvalue weighted by atomic mass is 16.6. The Balaban J connectivity index is 2.18. The van der Waals surface area contributed by atoms with E-state index < -0.39 is 23.6 Å². The predicted molar refractivity (Wildman–Crippen MR) is 133 cm³/mol. The van der Waals surface area contributed by atoms with Crippen LogP contribution in [0, 0.1) is 5.41 Å². The van der Waals surface area contributed by atoms with Crippen molar-refractivity contribution in [3.8, 4) is 0 Å². The Morgan fingerprint density at radius 1 is 0.824 bits per heavy atom. The van der Waals surface area contributed by atoms with E-state index in [1.807, 2.05) is 99.6 Å². The van der Waals surface area contributed by atoms with E-state index >= 15 is 0 Å². The number of carbonyl (C=O) groups excluding carboxylic acids is 2. The summed E-state index contributed by atoms with van der Waals surface area (Å²) in [6.07, 6.45) is -0.708. The number of rotatable bonds is 8. The van der Waals surface area contributed by atoms with Crippen molar-refractivity contribution in [1.82, 2.24) is 5.32 Å². The molecule has 6 heteroatoms. The third kappa shape index (κ3) is 5.95. The third-order valence-corrected chi connectivity index (χ3v) is 5.32. The zero-order valence-corrected chi connectivity index (χ0v) is 20.1. The fraction of sp³-hybridized carbons (Fsp3) is 0.286. The van der Waals surface area contributed by atoms with Crippen molar-refractivity contribution in [3.05, 3.63) is 102 Å². The van der Waals surface area contributed by atoms with E-state index in [1.54, 1.807) is 12.1 Å². The van der Waals surface area contributed by atoms with Gasteiger partial charge in [0.05, 0.1) is 19.8 Å². The Bertz CT molecular complexity index is 1070. The maximum atomic E-state index is 13.6. The molecule has 178 valence electrons. The molecule has 2 atom stereocenters. The van der Waals surface area contributed by atoms with Crippen molar-refractivity contribution in [1.29, 1.82) is 0 Å². The molecule has 6 nitrogen and oxygen atoms in total. The van der Waals surface area contributed by atoms with Gasteiger partial charge in [-0.25, -0.2) is 9.59 Å². The summed E-state index contributed by atoms with van der Waals surface area (Å²) in [5.74, 6) is -0.622. The van der Waals surface area contributed by atoms with E-state index in [4.69, 9.17) is 9.47 Å². The molecule has 1 amide bonds. The van der Waals surface area contributed by atoms with Gasteiger partial charge in [0.15, 0.2) is 5.54 Å². The summed E-state index contributed by atoms with van der Waals surface area (Å²) in [6, 6.07) is 27.4. The summed E-state index contributed by atoms with van der Waals surface area (Å²) >= 11 is 0. The number of para-hydroxylation sites is 1.